The molecule has 1 saturated heterocycles. The van der Waals surface area contributed by atoms with Gasteiger partial charge < -0.3 is 14.9 Å². The Labute approximate surface area is 116 Å². The first-order valence-corrected chi connectivity index (χ1v) is 7.32. The summed E-state index contributed by atoms with van der Waals surface area (Å²) in [6, 6.07) is 9.55. The van der Waals surface area contributed by atoms with Gasteiger partial charge in [-0.25, -0.2) is 0 Å². The summed E-state index contributed by atoms with van der Waals surface area (Å²) in [7, 11) is 2.15. The maximum absolute atomic E-state index is 9.68. The first kappa shape index (κ1) is 14.4. The first-order chi connectivity index (χ1) is 9.15. The maximum atomic E-state index is 9.68. The van der Waals surface area contributed by atoms with Crippen molar-refractivity contribution < 1.29 is 5.11 Å². The maximum Gasteiger partial charge on any atom is 0.0647 e. The molecule has 0 spiro atoms. The minimum absolute atomic E-state index is 0.197. The zero-order valence-corrected chi connectivity index (χ0v) is 12.3. The van der Waals surface area contributed by atoms with Crippen LogP contribution in [-0.2, 0) is 6.42 Å². The topological polar surface area (TPSA) is 26.7 Å². The molecule has 0 aromatic heterocycles. The molecule has 1 heterocycles. The van der Waals surface area contributed by atoms with Gasteiger partial charge in [-0.3, -0.25) is 0 Å². The highest BCUT2D eigenvalue weighted by atomic mass is 16.3. The zero-order valence-electron chi connectivity index (χ0n) is 12.3. The summed E-state index contributed by atoms with van der Waals surface area (Å²) < 4.78 is 0. The normalized spacial score (nSPS) is 25.4. The van der Waals surface area contributed by atoms with E-state index in [0.29, 0.717) is 6.04 Å². The van der Waals surface area contributed by atoms with Crippen LogP contribution in [0, 0.1) is 0 Å². The molecule has 1 aromatic rings. The number of anilines is 1. The number of aliphatic hydroxyl groups is 1. The summed E-state index contributed by atoms with van der Waals surface area (Å²) in [6.45, 7) is 6.59. The van der Waals surface area contributed by atoms with Crippen molar-refractivity contribution >= 4 is 5.69 Å². The fourth-order valence-electron chi connectivity index (χ4n) is 2.76. The molecule has 19 heavy (non-hydrogen) atoms. The van der Waals surface area contributed by atoms with E-state index < -0.39 is 0 Å². The molecule has 1 aliphatic rings. The van der Waals surface area contributed by atoms with Crippen molar-refractivity contribution in [1.29, 1.82) is 0 Å². The summed E-state index contributed by atoms with van der Waals surface area (Å²) >= 11 is 0. The van der Waals surface area contributed by atoms with Gasteiger partial charge in [0.1, 0.15) is 0 Å². The molecule has 0 bridgehead atoms. The number of aryl methyl sites for hydroxylation is 1. The van der Waals surface area contributed by atoms with E-state index in [1.54, 1.807) is 0 Å². The van der Waals surface area contributed by atoms with Crippen LogP contribution in [-0.4, -0.2) is 48.8 Å². The number of benzene rings is 1. The molecule has 106 valence electrons. The molecule has 3 heteroatoms. The van der Waals surface area contributed by atoms with Crippen molar-refractivity contribution in [3.05, 3.63) is 29.8 Å². The Hall–Kier alpha value is -1.06. The largest absolute Gasteiger partial charge is 0.394 e. The van der Waals surface area contributed by atoms with E-state index >= 15 is 0 Å². The lowest BCUT2D eigenvalue weighted by Crippen LogP contribution is -2.43. The standard InChI is InChI=1S/C16H26N2O/c1-4-14-5-7-15(8-6-14)18-10-9-13(2)17(3)11-16(18)12-19/h5-8,13,16,19H,4,9-12H2,1-3H3. The lowest BCUT2D eigenvalue weighted by Gasteiger charge is -2.31. The van der Waals surface area contributed by atoms with Gasteiger partial charge in [-0.1, -0.05) is 19.1 Å². The molecule has 1 aromatic carbocycles. The monoisotopic (exact) mass is 262 g/mol. The third-order valence-electron chi connectivity index (χ3n) is 4.37. The zero-order chi connectivity index (χ0) is 13.8. The highest BCUT2D eigenvalue weighted by molar-refractivity contribution is 5.49. The van der Waals surface area contributed by atoms with Crippen molar-refractivity contribution in [2.24, 2.45) is 0 Å². The fourth-order valence-corrected chi connectivity index (χ4v) is 2.76. The van der Waals surface area contributed by atoms with Crippen LogP contribution in [0.3, 0.4) is 0 Å². The van der Waals surface area contributed by atoms with E-state index in [0.717, 1.165) is 25.9 Å². The van der Waals surface area contributed by atoms with Crippen LogP contribution in [0.25, 0.3) is 0 Å². The van der Waals surface area contributed by atoms with E-state index in [9.17, 15) is 5.11 Å². The SMILES string of the molecule is CCc1ccc(N2CCC(C)N(C)CC2CO)cc1. The number of nitrogens with zero attached hydrogens (tertiary/aromatic N) is 2. The molecule has 2 rings (SSSR count). The molecule has 0 aliphatic carbocycles. The van der Waals surface area contributed by atoms with Crippen LogP contribution in [0.1, 0.15) is 25.8 Å². The van der Waals surface area contributed by atoms with Gasteiger partial charge in [-0.2, -0.15) is 0 Å². The predicted molar refractivity (Wildman–Crippen MR) is 80.7 cm³/mol. The Balaban J connectivity index is 2.19. The second-order valence-corrected chi connectivity index (χ2v) is 5.63. The summed E-state index contributed by atoms with van der Waals surface area (Å²) in [6.07, 6.45) is 2.21. The van der Waals surface area contributed by atoms with Crippen molar-refractivity contribution in [3.63, 3.8) is 0 Å². The lowest BCUT2D eigenvalue weighted by molar-refractivity contribution is 0.206. The Bertz CT molecular complexity index is 390. The van der Waals surface area contributed by atoms with Gasteiger partial charge in [0.15, 0.2) is 0 Å². The van der Waals surface area contributed by atoms with Crippen LogP contribution in [0.2, 0.25) is 0 Å². The molecule has 1 fully saturated rings. The number of hydrogen-bond acceptors (Lipinski definition) is 3. The van der Waals surface area contributed by atoms with Crippen LogP contribution in [0.15, 0.2) is 24.3 Å². The third-order valence-corrected chi connectivity index (χ3v) is 4.37. The quantitative estimate of drug-likeness (QED) is 0.904. The van der Waals surface area contributed by atoms with Gasteiger partial charge in [0.25, 0.3) is 0 Å². The van der Waals surface area contributed by atoms with E-state index in [-0.39, 0.29) is 12.6 Å². The lowest BCUT2D eigenvalue weighted by atomic mass is 10.1. The minimum atomic E-state index is 0.197. The van der Waals surface area contributed by atoms with Gasteiger partial charge in [0.2, 0.25) is 0 Å². The van der Waals surface area contributed by atoms with E-state index in [1.165, 1.54) is 11.3 Å². The molecule has 2 unspecified atom stereocenters. The van der Waals surface area contributed by atoms with Gasteiger partial charge in [-0.15, -0.1) is 0 Å². The number of hydrogen-bond donors (Lipinski definition) is 1. The number of rotatable bonds is 3. The van der Waals surface area contributed by atoms with Crippen LogP contribution < -0.4 is 4.90 Å². The Kier molecular flexibility index (Phi) is 4.83. The van der Waals surface area contributed by atoms with Crippen LogP contribution >= 0.6 is 0 Å². The molecule has 0 amide bonds. The minimum Gasteiger partial charge on any atom is -0.394 e. The van der Waals surface area contributed by atoms with Crippen molar-refractivity contribution in [2.45, 2.75) is 38.8 Å². The molecule has 0 saturated carbocycles. The van der Waals surface area contributed by atoms with Crippen molar-refractivity contribution in [2.75, 3.05) is 31.6 Å². The smallest absolute Gasteiger partial charge is 0.0647 e. The summed E-state index contributed by atoms with van der Waals surface area (Å²) in [5, 5.41) is 9.68. The molecule has 1 aliphatic heterocycles. The highest BCUT2D eigenvalue weighted by Gasteiger charge is 2.26. The fraction of sp³-hybridized carbons (Fsp3) is 0.625. The second kappa shape index (κ2) is 6.40. The average Bonchev–Trinajstić information content (AvgIpc) is 2.59. The molecule has 3 nitrogen and oxygen atoms in total. The second-order valence-electron chi connectivity index (χ2n) is 5.63. The molecular formula is C16H26N2O. The van der Waals surface area contributed by atoms with E-state index in [1.807, 2.05) is 0 Å². The summed E-state index contributed by atoms with van der Waals surface area (Å²) in [5.74, 6) is 0. The van der Waals surface area contributed by atoms with Crippen LogP contribution in [0.5, 0.6) is 0 Å². The van der Waals surface area contributed by atoms with Gasteiger partial charge in [0.05, 0.1) is 12.6 Å². The number of likely N-dealkylation sites (N-methyl/N-ethyl adjacent to an activating group) is 1. The molecule has 0 radical (unpaired) electrons. The molecular weight excluding hydrogens is 236 g/mol. The van der Waals surface area contributed by atoms with E-state index in [2.05, 4.69) is 55.0 Å². The van der Waals surface area contributed by atoms with Gasteiger partial charge >= 0.3 is 0 Å². The predicted octanol–water partition coefficient (Wildman–Crippen LogP) is 2.14. The summed E-state index contributed by atoms with van der Waals surface area (Å²) in [5.41, 5.74) is 2.60. The van der Waals surface area contributed by atoms with Crippen LogP contribution in [0.4, 0.5) is 5.69 Å². The Morgan fingerprint density at radius 2 is 1.95 bits per heavy atom. The third kappa shape index (κ3) is 3.28. The van der Waals surface area contributed by atoms with Crippen molar-refractivity contribution in [1.82, 2.24) is 4.90 Å². The van der Waals surface area contributed by atoms with Gasteiger partial charge in [-0.05, 0) is 44.5 Å². The Morgan fingerprint density at radius 3 is 2.53 bits per heavy atom. The first-order valence-electron chi connectivity index (χ1n) is 7.32. The highest BCUT2D eigenvalue weighted by Crippen LogP contribution is 2.22. The average molecular weight is 262 g/mol. The van der Waals surface area contributed by atoms with Crippen molar-refractivity contribution in [3.8, 4) is 0 Å². The molecule has 1 N–H and O–H groups in total. The Morgan fingerprint density at radius 1 is 1.26 bits per heavy atom. The number of aliphatic hydroxyl groups excluding tert-OH is 1. The van der Waals surface area contributed by atoms with E-state index in [4.69, 9.17) is 0 Å². The summed E-state index contributed by atoms with van der Waals surface area (Å²) in [4.78, 5) is 4.71. The molecule has 2 atom stereocenters. The van der Waals surface area contributed by atoms with Gasteiger partial charge in [0, 0.05) is 24.8 Å².